The van der Waals surface area contributed by atoms with Crippen LogP contribution in [0.4, 0.5) is 26.4 Å². The molecular weight excluding hydrogens is 493 g/mol. The van der Waals surface area contributed by atoms with Gasteiger partial charge >= 0.3 is 6.09 Å². The minimum absolute atomic E-state index is 0.00208. The van der Waals surface area contributed by atoms with Crippen LogP contribution in [0.5, 0.6) is 5.75 Å². The molecule has 12 heteroatoms. The van der Waals surface area contributed by atoms with Crippen LogP contribution in [-0.2, 0) is 11.3 Å². The highest BCUT2D eigenvalue weighted by atomic mass is 19.1. The first-order chi connectivity index (χ1) is 18.1. The number of hydrogen-bond donors (Lipinski definition) is 3. The molecule has 1 aliphatic heterocycles. The molecule has 196 valence electrons. The Labute approximate surface area is 217 Å². The lowest BCUT2D eigenvalue weighted by atomic mass is 10.0. The normalized spacial score (nSPS) is 13.0. The smallest absolute Gasteiger partial charge is 0.413 e. The van der Waals surface area contributed by atoms with Gasteiger partial charge in [-0.3, -0.25) is 19.8 Å². The highest BCUT2D eigenvalue weighted by Gasteiger charge is 2.29. The number of aromatic nitrogens is 4. The number of hydrogen-bond acceptors (Lipinski definition) is 8. The number of fused-ring (bicyclic) bond motifs is 2. The van der Waals surface area contributed by atoms with Crippen LogP contribution in [-0.4, -0.2) is 51.0 Å². The summed E-state index contributed by atoms with van der Waals surface area (Å²) in [4.78, 5) is 33.9. The topological polar surface area (TPSA) is 132 Å². The van der Waals surface area contributed by atoms with Crippen LogP contribution in [0.15, 0.2) is 42.7 Å². The van der Waals surface area contributed by atoms with Gasteiger partial charge in [-0.1, -0.05) is 6.07 Å². The van der Waals surface area contributed by atoms with Crippen molar-refractivity contribution in [3.05, 3.63) is 54.2 Å². The summed E-state index contributed by atoms with van der Waals surface area (Å²) in [5, 5.41) is 14.0. The molecule has 4 aromatic rings. The number of carbonyl (C=O) groups excluding carboxylic acids is 2. The summed E-state index contributed by atoms with van der Waals surface area (Å²) in [7, 11) is 1.37. The van der Waals surface area contributed by atoms with E-state index in [0.717, 1.165) is 0 Å². The van der Waals surface area contributed by atoms with Gasteiger partial charge < -0.3 is 20.1 Å². The summed E-state index contributed by atoms with van der Waals surface area (Å²) in [6.45, 7) is 6.16. The first-order valence-electron chi connectivity index (χ1n) is 11.9. The van der Waals surface area contributed by atoms with Gasteiger partial charge in [-0.25, -0.2) is 14.2 Å². The summed E-state index contributed by atoms with van der Waals surface area (Å²) in [5.74, 6) is -0.616. The van der Waals surface area contributed by atoms with Gasteiger partial charge in [0, 0.05) is 23.7 Å². The van der Waals surface area contributed by atoms with E-state index in [1.165, 1.54) is 25.4 Å². The van der Waals surface area contributed by atoms with Crippen LogP contribution >= 0.6 is 0 Å². The molecule has 0 radical (unpaired) electrons. The second-order valence-electron chi connectivity index (χ2n) is 9.57. The minimum atomic E-state index is -0.678. The fraction of sp³-hybridized carbons (Fsp3) is 0.269. The van der Waals surface area contributed by atoms with Crippen molar-refractivity contribution in [3.8, 4) is 17.0 Å². The predicted octanol–water partition coefficient (Wildman–Crippen LogP) is 4.48. The SMILES string of the molecule is COc1c(F)cccc1Nc1c(-c2ccnc3cnc(NC(=O)OC(C)(C)C)cc23)nn2c1C(=O)NCC2. The Morgan fingerprint density at radius 2 is 2.03 bits per heavy atom. The van der Waals surface area contributed by atoms with Gasteiger partial charge in [-0.05, 0) is 45.0 Å². The summed E-state index contributed by atoms with van der Waals surface area (Å²) in [6.07, 6.45) is 2.48. The first kappa shape index (κ1) is 24.9. The number of nitrogens with zero attached hydrogens (tertiary/aromatic N) is 4. The van der Waals surface area contributed by atoms with Gasteiger partial charge in [0.1, 0.15) is 22.8 Å². The van der Waals surface area contributed by atoms with E-state index in [1.807, 2.05) is 0 Å². The Kier molecular flexibility index (Phi) is 6.31. The van der Waals surface area contributed by atoms with E-state index in [2.05, 4.69) is 25.9 Å². The molecule has 0 bridgehead atoms. The molecule has 0 saturated carbocycles. The second kappa shape index (κ2) is 9.61. The maximum Gasteiger partial charge on any atom is 0.413 e. The number of rotatable bonds is 5. The molecule has 1 aliphatic rings. The Morgan fingerprint density at radius 1 is 1.21 bits per heavy atom. The molecule has 0 saturated heterocycles. The van der Waals surface area contributed by atoms with E-state index in [9.17, 15) is 14.0 Å². The van der Waals surface area contributed by atoms with Crippen molar-refractivity contribution >= 4 is 40.1 Å². The Bertz CT molecular complexity index is 1560. The Morgan fingerprint density at radius 3 is 2.79 bits per heavy atom. The van der Waals surface area contributed by atoms with Crippen molar-refractivity contribution in [2.45, 2.75) is 32.9 Å². The third kappa shape index (κ3) is 4.80. The number of pyridine rings is 2. The summed E-state index contributed by atoms with van der Waals surface area (Å²) >= 11 is 0. The zero-order chi connectivity index (χ0) is 27.0. The maximum absolute atomic E-state index is 14.5. The van der Waals surface area contributed by atoms with Gasteiger partial charge in [-0.15, -0.1) is 0 Å². The molecule has 38 heavy (non-hydrogen) atoms. The lowest BCUT2D eigenvalue weighted by molar-refractivity contribution is 0.0635. The van der Waals surface area contributed by atoms with Gasteiger partial charge in [0.2, 0.25) is 0 Å². The van der Waals surface area contributed by atoms with Crippen molar-refractivity contribution in [1.29, 1.82) is 0 Å². The number of carbonyl (C=O) groups is 2. The number of amides is 2. The highest BCUT2D eigenvalue weighted by Crippen LogP contribution is 2.39. The molecular formula is C26H26FN7O4. The Hall–Kier alpha value is -4.74. The van der Waals surface area contributed by atoms with Crippen LogP contribution in [0, 0.1) is 5.82 Å². The zero-order valence-corrected chi connectivity index (χ0v) is 21.3. The van der Waals surface area contributed by atoms with Crippen molar-refractivity contribution in [1.82, 2.24) is 25.1 Å². The lowest BCUT2D eigenvalue weighted by Crippen LogP contribution is -2.35. The summed E-state index contributed by atoms with van der Waals surface area (Å²) in [6, 6.07) is 7.88. The third-order valence-corrected chi connectivity index (χ3v) is 5.72. The van der Waals surface area contributed by atoms with E-state index in [0.29, 0.717) is 52.3 Å². The molecule has 3 aromatic heterocycles. The van der Waals surface area contributed by atoms with Gasteiger partial charge in [0.15, 0.2) is 11.6 Å². The van der Waals surface area contributed by atoms with Crippen molar-refractivity contribution < 1.29 is 23.5 Å². The Balaban J connectivity index is 1.64. The maximum atomic E-state index is 14.5. The second-order valence-corrected chi connectivity index (χ2v) is 9.57. The van der Waals surface area contributed by atoms with E-state index >= 15 is 0 Å². The van der Waals surface area contributed by atoms with Gasteiger partial charge in [-0.2, -0.15) is 5.10 Å². The monoisotopic (exact) mass is 519 g/mol. The van der Waals surface area contributed by atoms with Crippen molar-refractivity contribution in [2.24, 2.45) is 0 Å². The zero-order valence-electron chi connectivity index (χ0n) is 21.3. The molecule has 4 heterocycles. The molecule has 0 spiro atoms. The molecule has 1 aromatic carbocycles. The molecule has 0 aliphatic carbocycles. The lowest BCUT2D eigenvalue weighted by Gasteiger charge is -2.19. The van der Waals surface area contributed by atoms with Crippen LogP contribution in [0.25, 0.3) is 22.2 Å². The molecule has 0 atom stereocenters. The quantitative estimate of drug-likeness (QED) is 0.352. The number of nitrogens with one attached hydrogen (secondary N) is 3. The van der Waals surface area contributed by atoms with Gasteiger partial charge in [0.05, 0.1) is 36.7 Å². The van der Waals surface area contributed by atoms with Crippen LogP contribution in [0.2, 0.25) is 0 Å². The number of methoxy groups -OCH3 is 1. The van der Waals surface area contributed by atoms with Crippen LogP contribution < -0.4 is 20.7 Å². The number of halogens is 1. The first-order valence-corrected chi connectivity index (χ1v) is 11.9. The average Bonchev–Trinajstić information content (AvgIpc) is 3.22. The molecule has 5 rings (SSSR count). The average molecular weight is 520 g/mol. The highest BCUT2D eigenvalue weighted by molar-refractivity contribution is 6.06. The van der Waals surface area contributed by atoms with Crippen molar-refractivity contribution in [3.63, 3.8) is 0 Å². The fourth-order valence-electron chi connectivity index (χ4n) is 4.20. The molecule has 3 N–H and O–H groups in total. The molecule has 11 nitrogen and oxygen atoms in total. The largest absolute Gasteiger partial charge is 0.492 e. The van der Waals surface area contributed by atoms with E-state index in [-0.39, 0.29) is 17.5 Å². The van der Waals surface area contributed by atoms with Crippen molar-refractivity contribution in [2.75, 3.05) is 24.3 Å². The predicted molar refractivity (Wildman–Crippen MR) is 139 cm³/mol. The number of para-hydroxylation sites is 1. The third-order valence-electron chi connectivity index (χ3n) is 5.72. The number of ether oxygens (including phenoxy) is 2. The van der Waals surface area contributed by atoms with Gasteiger partial charge in [0.25, 0.3) is 5.91 Å². The van der Waals surface area contributed by atoms with Crippen LogP contribution in [0.3, 0.4) is 0 Å². The van der Waals surface area contributed by atoms with E-state index < -0.39 is 17.5 Å². The number of anilines is 3. The molecule has 0 fully saturated rings. The standard InChI is InChI=1S/C26H26FN7O4/c1-26(2,3)38-25(36)32-19-12-15-14(8-9-28-18(15)13-30-19)20-21(22-24(35)29-10-11-34(22)33-20)31-17-7-5-6-16(27)23(17)37-4/h5-9,12-13,31H,10-11H2,1-4H3,(H,29,35)(H,30,32,36). The molecule has 0 unspecified atom stereocenters. The fourth-order valence-corrected chi connectivity index (χ4v) is 4.20. The molecule has 2 amide bonds. The summed E-state index contributed by atoms with van der Waals surface area (Å²) < 4.78 is 26.7. The minimum Gasteiger partial charge on any atom is -0.492 e. The van der Waals surface area contributed by atoms with E-state index in [4.69, 9.17) is 14.6 Å². The number of benzene rings is 1. The van der Waals surface area contributed by atoms with Crippen LogP contribution in [0.1, 0.15) is 31.3 Å². The van der Waals surface area contributed by atoms with E-state index in [1.54, 1.807) is 49.8 Å². The summed E-state index contributed by atoms with van der Waals surface area (Å²) in [5.41, 5.74) is 1.92.